The number of benzene rings is 2. The van der Waals surface area contributed by atoms with Crippen LogP contribution in [0, 0.1) is 25.5 Å². The third-order valence-corrected chi connectivity index (χ3v) is 3.78. The van der Waals surface area contributed by atoms with Crippen molar-refractivity contribution in [1.29, 1.82) is 0 Å². The Labute approximate surface area is 138 Å². The Kier molecular flexibility index (Phi) is 5.28. The van der Waals surface area contributed by atoms with Gasteiger partial charge in [-0.05, 0) is 42.7 Å². The van der Waals surface area contributed by atoms with Crippen LogP contribution in [-0.4, -0.2) is 23.0 Å². The first kappa shape index (κ1) is 17.6. The molecule has 0 spiro atoms. The van der Waals surface area contributed by atoms with Gasteiger partial charge in [-0.1, -0.05) is 18.2 Å². The summed E-state index contributed by atoms with van der Waals surface area (Å²) in [7, 11) is 0. The number of carbonyl (C=O) groups excluding carboxylic acids is 1. The van der Waals surface area contributed by atoms with Crippen molar-refractivity contribution in [3.8, 4) is 0 Å². The molecule has 24 heavy (non-hydrogen) atoms. The van der Waals surface area contributed by atoms with E-state index < -0.39 is 29.6 Å². The molecule has 0 unspecified atom stereocenters. The van der Waals surface area contributed by atoms with Gasteiger partial charge in [0.2, 0.25) is 0 Å². The van der Waals surface area contributed by atoms with E-state index in [0.717, 1.165) is 28.8 Å². The number of rotatable bonds is 5. The number of aryl methyl sites for hydroxylation is 2. The van der Waals surface area contributed by atoms with E-state index in [4.69, 9.17) is 0 Å². The van der Waals surface area contributed by atoms with Crippen molar-refractivity contribution in [3.05, 3.63) is 70.3 Å². The second-order valence-electron chi connectivity index (χ2n) is 5.60. The highest BCUT2D eigenvalue weighted by atomic mass is 19.1. The van der Waals surface area contributed by atoms with Crippen LogP contribution in [0.25, 0.3) is 0 Å². The van der Waals surface area contributed by atoms with Crippen LogP contribution >= 0.6 is 0 Å². The highest BCUT2D eigenvalue weighted by Crippen LogP contribution is 2.16. The lowest BCUT2D eigenvalue weighted by molar-refractivity contribution is -0.139. The molecule has 4 nitrogen and oxygen atoms in total. The molecule has 2 N–H and O–H groups in total. The van der Waals surface area contributed by atoms with Gasteiger partial charge < -0.3 is 10.4 Å². The molecule has 0 radical (unpaired) electrons. The summed E-state index contributed by atoms with van der Waals surface area (Å²) in [6.45, 7) is 3.70. The zero-order valence-electron chi connectivity index (χ0n) is 13.3. The maximum atomic E-state index is 13.2. The van der Waals surface area contributed by atoms with Crippen LogP contribution in [0.2, 0.25) is 0 Å². The predicted molar refractivity (Wildman–Crippen MR) is 84.9 cm³/mol. The first-order valence-electron chi connectivity index (χ1n) is 7.33. The second-order valence-corrected chi connectivity index (χ2v) is 5.60. The average Bonchev–Trinajstić information content (AvgIpc) is 2.48. The van der Waals surface area contributed by atoms with Gasteiger partial charge in [-0.2, -0.15) is 0 Å². The minimum atomic E-state index is -1.22. The topological polar surface area (TPSA) is 66.4 Å². The Balaban J connectivity index is 2.22. The van der Waals surface area contributed by atoms with Crippen molar-refractivity contribution in [1.82, 2.24) is 5.32 Å². The van der Waals surface area contributed by atoms with Crippen LogP contribution in [0.15, 0.2) is 36.4 Å². The smallest absolute Gasteiger partial charge is 0.326 e. The summed E-state index contributed by atoms with van der Waals surface area (Å²) >= 11 is 0. The lowest BCUT2D eigenvalue weighted by Crippen LogP contribution is -2.42. The minimum absolute atomic E-state index is 0.0807. The third-order valence-electron chi connectivity index (χ3n) is 3.78. The number of hydrogen-bond donors (Lipinski definition) is 2. The van der Waals surface area contributed by atoms with Crippen LogP contribution in [0.1, 0.15) is 27.0 Å². The molecule has 126 valence electrons. The molecule has 2 aromatic rings. The average molecular weight is 333 g/mol. The van der Waals surface area contributed by atoms with Crippen LogP contribution in [0.3, 0.4) is 0 Å². The van der Waals surface area contributed by atoms with Gasteiger partial charge in [0.1, 0.15) is 17.7 Å². The quantitative estimate of drug-likeness (QED) is 0.884. The monoisotopic (exact) mass is 333 g/mol. The predicted octanol–water partition coefficient (Wildman–Crippen LogP) is 3.01. The number of carboxylic acids is 1. The maximum absolute atomic E-state index is 13.2. The van der Waals surface area contributed by atoms with Crippen LogP contribution in [0.5, 0.6) is 0 Å². The molecule has 0 aromatic heterocycles. The Hall–Kier alpha value is -2.76. The van der Waals surface area contributed by atoms with E-state index in [1.165, 1.54) is 0 Å². The highest BCUT2D eigenvalue weighted by molar-refractivity contribution is 5.96. The third kappa shape index (κ3) is 4.16. The Morgan fingerprint density at radius 2 is 1.62 bits per heavy atom. The maximum Gasteiger partial charge on any atom is 0.326 e. The molecule has 2 aromatic carbocycles. The zero-order valence-corrected chi connectivity index (χ0v) is 13.3. The van der Waals surface area contributed by atoms with Gasteiger partial charge in [0.05, 0.1) is 0 Å². The fourth-order valence-electron chi connectivity index (χ4n) is 2.50. The summed E-state index contributed by atoms with van der Waals surface area (Å²) in [6.07, 6.45) is 0.0807. The molecule has 1 amide bonds. The second kappa shape index (κ2) is 7.21. The van der Waals surface area contributed by atoms with Gasteiger partial charge in [0.15, 0.2) is 0 Å². The summed E-state index contributed by atoms with van der Waals surface area (Å²) in [6, 6.07) is 6.71. The molecular weight excluding hydrogens is 316 g/mol. The Morgan fingerprint density at radius 1 is 1.08 bits per heavy atom. The summed E-state index contributed by atoms with van der Waals surface area (Å²) in [4.78, 5) is 23.6. The van der Waals surface area contributed by atoms with E-state index in [9.17, 15) is 23.5 Å². The van der Waals surface area contributed by atoms with Crippen molar-refractivity contribution >= 4 is 11.9 Å². The van der Waals surface area contributed by atoms with Gasteiger partial charge in [-0.25, -0.2) is 13.6 Å². The number of halogens is 2. The van der Waals surface area contributed by atoms with Crippen LogP contribution < -0.4 is 5.32 Å². The van der Waals surface area contributed by atoms with Crippen molar-refractivity contribution < 1.29 is 23.5 Å². The van der Waals surface area contributed by atoms with E-state index in [1.54, 1.807) is 0 Å². The van der Waals surface area contributed by atoms with Gasteiger partial charge in [-0.15, -0.1) is 0 Å². The van der Waals surface area contributed by atoms with E-state index >= 15 is 0 Å². The number of amides is 1. The Bertz CT molecular complexity index is 749. The molecule has 6 heteroatoms. The SMILES string of the molecule is Cc1cccc(C)c1C[C@H](NC(=O)c1cc(F)cc(F)c1)C(=O)O. The van der Waals surface area contributed by atoms with Gasteiger partial charge >= 0.3 is 5.97 Å². The molecular formula is C18H17F2NO3. The van der Waals surface area contributed by atoms with Gasteiger partial charge in [0.25, 0.3) is 5.91 Å². The first-order chi connectivity index (χ1) is 11.3. The number of aliphatic carboxylic acids is 1. The van der Waals surface area contributed by atoms with Crippen molar-refractivity contribution in [3.63, 3.8) is 0 Å². The number of hydrogen-bond acceptors (Lipinski definition) is 2. The first-order valence-corrected chi connectivity index (χ1v) is 7.33. The lowest BCUT2D eigenvalue weighted by atomic mass is 9.96. The fraction of sp³-hybridized carbons (Fsp3) is 0.222. The molecule has 2 rings (SSSR count). The fourth-order valence-corrected chi connectivity index (χ4v) is 2.50. The molecule has 0 saturated carbocycles. The van der Waals surface area contributed by atoms with E-state index in [2.05, 4.69) is 5.32 Å². The van der Waals surface area contributed by atoms with E-state index in [1.807, 2.05) is 32.0 Å². The van der Waals surface area contributed by atoms with Crippen molar-refractivity contribution in [2.45, 2.75) is 26.3 Å². The number of carboxylic acid groups (broad SMARTS) is 1. The number of carbonyl (C=O) groups is 2. The van der Waals surface area contributed by atoms with E-state index in [0.29, 0.717) is 6.07 Å². The van der Waals surface area contributed by atoms with Crippen molar-refractivity contribution in [2.24, 2.45) is 0 Å². The molecule has 0 aliphatic rings. The lowest BCUT2D eigenvalue weighted by Gasteiger charge is -2.17. The van der Waals surface area contributed by atoms with E-state index in [-0.39, 0.29) is 12.0 Å². The van der Waals surface area contributed by atoms with Gasteiger partial charge in [-0.3, -0.25) is 4.79 Å². The van der Waals surface area contributed by atoms with Crippen molar-refractivity contribution in [2.75, 3.05) is 0 Å². The normalized spacial score (nSPS) is 11.8. The molecule has 0 aliphatic carbocycles. The molecule has 1 atom stereocenters. The molecule has 0 fully saturated rings. The summed E-state index contributed by atoms with van der Waals surface area (Å²) in [5, 5.41) is 11.7. The van der Waals surface area contributed by atoms with Crippen LogP contribution in [0.4, 0.5) is 8.78 Å². The summed E-state index contributed by atoms with van der Waals surface area (Å²) in [5.41, 5.74) is 2.37. The zero-order chi connectivity index (χ0) is 17.9. The largest absolute Gasteiger partial charge is 0.480 e. The van der Waals surface area contributed by atoms with Gasteiger partial charge in [0, 0.05) is 18.1 Å². The molecule has 0 aliphatic heterocycles. The molecule has 0 bridgehead atoms. The standard InChI is InChI=1S/C18H17F2NO3/c1-10-4-3-5-11(2)15(10)9-16(18(23)24)21-17(22)12-6-13(19)8-14(20)7-12/h3-8,16H,9H2,1-2H3,(H,21,22)(H,23,24)/t16-/m0/s1. The minimum Gasteiger partial charge on any atom is -0.480 e. The summed E-state index contributed by atoms with van der Waals surface area (Å²) < 4.78 is 26.4. The highest BCUT2D eigenvalue weighted by Gasteiger charge is 2.23. The number of nitrogens with one attached hydrogen (secondary N) is 1. The summed E-state index contributed by atoms with van der Waals surface area (Å²) in [5.74, 6) is -3.86. The molecule has 0 saturated heterocycles. The Morgan fingerprint density at radius 3 is 2.12 bits per heavy atom. The molecule has 0 heterocycles. The van der Waals surface area contributed by atoms with Crippen LogP contribution in [-0.2, 0) is 11.2 Å².